The fraction of sp³-hybridized carbons (Fsp3) is 0.258. The van der Waals surface area contributed by atoms with Crippen molar-refractivity contribution in [1.82, 2.24) is 14.9 Å². The van der Waals surface area contributed by atoms with Crippen molar-refractivity contribution >= 4 is 27.8 Å². The molecule has 0 bridgehead atoms. The van der Waals surface area contributed by atoms with Crippen molar-refractivity contribution in [3.8, 4) is 28.6 Å². The fourth-order valence-corrected chi connectivity index (χ4v) is 5.79. The van der Waals surface area contributed by atoms with Crippen LogP contribution in [0.2, 0.25) is 0 Å². The highest BCUT2D eigenvalue weighted by Gasteiger charge is 2.48. The number of rotatable bonds is 6. The van der Waals surface area contributed by atoms with Crippen molar-refractivity contribution in [3.05, 3.63) is 78.6 Å². The van der Waals surface area contributed by atoms with Crippen molar-refractivity contribution in [2.24, 2.45) is 11.3 Å². The Morgan fingerprint density at radius 1 is 1.05 bits per heavy atom. The third-order valence-corrected chi connectivity index (χ3v) is 7.98. The second-order valence-electron chi connectivity index (χ2n) is 10.4. The number of benzene rings is 3. The molecule has 1 saturated carbocycles. The molecule has 6 heteroatoms. The largest absolute Gasteiger partial charge is 0.464 e. The van der Waals surface area contributed by atoms with Gasteiger partial charge < -0.3 is 14.3 Å². The molecule has 3 aromatic carbocycles. The van der Waals surface area contributed by atoms with Gasteiger partial charge >= 0.3 is 0 Å². The lowest BCUT2D eigenvalue weighted by atomic mass is 9.80. The number of imidazole rings is 1. The Balaban J connectivity index is 1.31. The van der Waals surface area contributed by atoms with Gasteiger partial charge in [0.2, 0.25) is 0 Å². The Bertz CT molecular complexity index is 1690. The highest BCUT2D eigenvalue weighted by Crippen LogP contribution is 2.42. The van der Waals surface area contributed by atoms with E-state index < -0.39 is 5.41 Å². The maximum absolute atomic E-state index is 13.5. The summed E-state index contributed by atoms with van der Waals surface area (Å²) in [7, 11) is 0. The van der Waals surface area contributed by atoms with Gasteiger partial charge in [-0.05, 0) is 73.3 Å². The second-order valence-corrected chi connectivity index (χ2v) is 10.4. The fourth-order valence-electron chi connectivity index (χ4n) is 5.79. The van der Waals surface area contributed by atoms with E-state index in [0.717, 1.165) is 70.3 Å². The van der Waals surface area contributed by atoms with Crippen LogP contribution in [0.5, 0.6) is 0 Å². The molecule has 0 spiro atoms. The van der Waals surface area contributed by atoms with E-state index in [0.29, 0.717) is 24.4 Å². The van der Waals surface area contributed by atoms with Crippen LogP contribution in [0.4, 0.5) is 0 Å². The number of aromatic nitrogens is 2. The number of carbonyl (C=O) groups excluding carboxylic acids is 1. The molecule has 2 fully saturated rings. The zero-order valence-electron chi connectivity index (χ0n) is 20.4. The van der Waals surface area contributed by atoms with Crippen LogP contribution in [0.15, 0.2) is 77.4 Å². The predicted octanol–water partition coefficient (Wildman–Crippen LogP) is 5.95. The molecule has 1 atom stereocenters. The van der Waals surface area contributed by atoms with Crippen LogP contribution >= 0.6 is 0 Å². The van der Waals surface area contributed by atoms with Gasteiger partial charge in [-0.2, -0.15) is 5.26 Å². The van der Waals surface area contributed by atoms with Gasteiger partial charge in [0.1, 0.15) is 17.2 Å². The quantitative estimate of drug-likeness (QED) is 0.321. The Labute approximate surface area is 214 Å². The lowest BCUT2D eigenvalue weighted by Gasteiger charge is -2.28. The third kappa shape index (κ3) is 3.75. The summed E-state index contributed by atoms with van der Waals surface area (Å²) in [6, 6.07) is 24.5. The first kappa shape index (κ1) is 22.0. The number of fused-ring (bicyclic) bond motifs is 2. The van der Waals surface area contributed by atoms with E-state index in [1.165, 1.54) is 0 Å². The molecule has 7 rings (SSSR count). The Morgan fingerprint density at radius 3 is 2.62 bits per heavy atom. The van der Waals surface area contributed by atoms with Crippen LogP contribution < -0.4 is 5.32 Å². The smallest absolute Gasteiger partial charge is 0.145 e. The zero-order chi connectivity index (χ0) is 25.0. The molecule has 5 aromatic rings. The average molecular weight is 487 g/mol. The Kier molecular flexibility index (Phi) is 5.02. The SMILES string of the molecule is N#Cc1ccc2c(c1)nc(-c1ccc(-c3ccc4occc4c3)cc1)n2C[C@]1(C(=O)C2CC2)CCNC1. The molecule has 3 heterocycles. The Morgan fingerprint density at radius 2 is 1.86 bits per heavy atom. The average Bonchev–Trinajstić information content (AvgIpc) is 3.33. The molecule has 1 aliphatic carbocycles. The number of Topliss-reactive ketones (excluding diaryl/α,β-unsaturated/α-hetero) is 1. The van der Waals surface area contributed by atoms with Crippen LogP contribution in [0.25, 0.3) is 44.5 Å². The summed E-state index contributed by atoms with van der Waals surface area (Å²) in [6.45, 7) is 2.15. The van der Waals surface area contributed by atoms with Crippen LogP contribution in [0.3, 0.4) is 0 Å². The topological polar surface area (TPSA) is 83.8 Å². The van der Waals surface area contributed by atoms with Gasteiger partial charge in [-0.25, -0.2) is 4.98 Å². The lowest BCUT2D eigenvalue weighted by Crippen LogP contribution is -2.39. The molecular formula is C31H26N4O2. The van der Waals surface area contributed by atoms with Crippen molar-refractivity contribution in [2.45, 2.75) is 25.8 Å². The summed E-state index contributed by atoms with van der Waals surface area (Å²) in [5, 5.41) is 14.0. The monoisotopic (exact) mass is 486 g/mol. The minimum Gasteiger partial charge on any atom is -0.464 e. The number of ketones is 1. The van der Waals surface area contributed by atoms with Crippen molar-refractivity contribution in [2.75, 3.05) is 13.1 Å². The van der Waals surface area contributed by atoms with E-state index in [4.69, 9.17) is 9.40 Å². The van der Waals surface area contributed by atoms with Crippen LogP contribution in [-0.4, -0.2) is 28.4 Å². The van der Waals surface area contributed by atoms with Gasteiger partial charge in [0.05, 0.1) is 34.3 Å². The van der Waals surface area contributed by atoms with Crippen LogP contribution in [0, 0.1) is 22.7 Å². The summed E-state index contributed by atoms with van der Waals surface area (Å²) in [5.74, 6) is 1.43. The second kappa shape index (κ2) is 8.43. The van der Waals surface area contributed by atoms with Crippen molar-refractivity contribution < 1.29 is 9.21 Å². The summed E-state index contributed by atoms with van der Waals surface area (Å²) >= 11 is 0. The van der Waals surface area contributed by atoms with Gasteiger partial charge in [0, 0.05) is 30.0 Å². The number of nitriles is 1. The van der Waals surface area contributed by atoms with E-state index >= 15 is 0 Å². The maximum Gasteiger partial charge on any atom is 0.145 e. The van der Waals surface area contributed by atoms with Gasteiger partial charge in [0.15, 0.2) is 0 Å². The third-order valence-electron chi connectivity index (χ3n) is 7.98. The molecule has 6 nitrogen and oxygen atoms in total. The van der Waals surface area contributed by atoms with Crippen molar-refractivity contribution in [1.29, 1.82) is 5.26 Å². The maximum atomic E-state index is 13.5. The summed E-state index contributed by atoms with van der Waals surface area (Å²) in [5.41, 5.74) is 6.00. The summed E-state index contributed by atoms with van der Waals surface area (Å²) < 4.78 is 7.69. The summed E-state index contributed by atoms with van der Waals surface area (Å²) in [6.07, 6.45) is 4.57. The van der Waals surface area contributed by atoms with E-state index in [1.54, 1.807) is 6.26 Å². The number of hydrogen-bond donors (Lipinski definition) is 1. The van der Waals surface area contributed by atoms with Gasteiger partial charge in [-0.3, -0.25) is 4.79 Å². The van der Waals surface area contributed by atoms with Crippen LogP contribution in [-0.2, 0) is 11.3 Å². The first-order valence-corrected chi connectivity index (χ1v) is 12.9. The van der Waals surface area contributed by atoms with Gasteiger partial charge in [-0.1, -0.05) is 30.3 Å². The highest BCUT2D eigenvalue weighted by atomic mass is 16.3. The number of nitrogens with one attached hydrogen (secondary N) is 1. The molecule has 182 valence electrons. The number of furan rings is 1. The number of hydrogen-bond acceptors (Lipinski definition) is 5. The van der Waals surface area contributed by atoms with Crippen LogP contribution in [0.1, 0.15) is 24.8 Å². The van der Waals surface area contributed by atoms with Gasteiger partial charge in [-0.15, -0.1) is 0 Å². The molecule has 0 unspecified atom stereocenters. The molecule has 2 aliphatic rings. The standard InChI is InChI=1S/C31H26N4O2/c32-17-20-1-9-27-26(15-20)34-30(35(27)19-31(12-13-33-18-31)29(36)22-4-5-22)23-6-2-21(3-7-23)24-8-10-28-25(16-24)11-14-37-28/h1-3,6-11,14-16,22,33H,4-5,12-13,18-19H2/t31-/m0/s1. The molecule has 37 heavy (non-hydrogen) atoms. The molecule has 0 radical (unpaired) electrons. The van der Waals surface area contributed by atoms with E-state index in [1.807, 2.05) is 30.3 Å². The molecule has 1 N–H and O–H groups in total. The van der Waals surface area contributed by atoms with E-state index in [2.05, 4.69) is 52.4 Å². The molecule has 1 aliphatic heterocycles. The minimum absolute atomic E-state index is 0.204. The molecule has 0 amide bonds. The Hall–Kier alpha value is -4.21. The number of carbonyl (C=O) groups is 1. The molecule has 1 saturated heterocycles. The van der Waals surface area contributed by atoms with Gasteiger partial charge in [0.25, 0.3) is 0 Å². The molecule has 2 aromatic heterocycles. The minimum atomic E-state index is -0.419. The number of nitrogens with zero attached hydrogens (tertiary/aromatic N) is 3. The highest BCUT2D eigenvalue weighted by molar-refractivity contribution is 5.90. The summed E-state index contributed by atoms with van der Waals surface area (Å²) in [4.78, 5) is 18.5. The van der Waals surface area contributed by atoms with E-state index in [-0.39, 0.29) is 5.92 Å². The van der Waals surface area contributed by atoms with E-state index in [9.17, 15) is 10.1 Å². The zero-order valence-corrected chi connectivity index (χ0v) is 20.4. The first-order chi connectivity index (χ1) is 18.1. The van der Waals surface area contributed by atoms with Crippen molar-refractivity contribution in [3.63, 3.8) is 0 Å². The predicted molar refractivity (Wildman–Crippen MR) is 143 cm³/mol. The lowest BCUT2D eigenvalue weighted by molar-refractivity contribution is -0.129. The normalized spacial score (nSPS) is 19.4. The first-order valence-electron chi connectivity index (χ1n) is 12.9. The molecular weight excluding hydrogens is 460 g/mol.